The van der Waals surface area contributed by atoms with E-state index in [0.29, 0.717) is 0 Å². The lowest BCUT2D eigenvalue weighted by molar-refractivity contribution is -0.120. The summed E-state index contributed by atoms with van der Waals surface area (Å²) in [5, 5.41) is -1.86. The Morgan fingerprint density at radius 1 is 1.00 bits per heavy atom. The molecular formula is C12H5B7ClNO. The highest BCUT2D eigenvalue weighted by atomic mass is 35.5. The third kappa shape index (κ3) is 2.28. The normalized spacial score (nSPS) is 24.1. The highest BCUT2D eigenvalue weighted by Gasteiger charge is 2.50. The van der Waals surface area contributed by atoms with Gasteiger partial charge in [-0.15, -0.1) is 16.4 Å². The maximum atomic E-state index is 12.5. The van der Waals surface area contributed by atoms with Crippen LogP contribution >= 0.6 is 11.6 Å². The highest BCUT2D eigenvalue weighted by molar-refractivity contribution is 6.66. The van der Waals surface area contributed by atoms with E-state index in [1.54, 1.807) is 0 Å². The molecule has 2 nitrogen and oxygen atoms in total. The molecule has 2 rings (SSSR count). The fourth-order valence-electron chi connectivity index (χ4n) is 2.58. The van der Waals surface area contributed by atoms with E-state index in [2.05, 4.69) is 0 Å². The Bertz CT molecular complexity index is 689. The Balaban J connectivity index is 2.89. The Morgan fingerprint density at radius 3 is 2.00 bits per heavy atom. The summed E-state index contributed by atoms with van der Waals surface area (Å²) in [6, 6.07) is 0. The molecule has 10 heteroatoms. The van der Waals surface area contributed by atoms with E-state index in [1.807, 2.05) is 0 Å². The molecule has 0 bridgehead atoms. The maximum Gasteiger partial charge on any atom is 0.178 e. The van der Waals surface area contributed by atoms with Gasteiger partial charge in [-0.3, -0.25) is 4.79 Å². The zero-order valence-electron chi connectivity index (χ0n) is 11.7. The molecule has 1 atom stereocenters. The number of hydrogen-bond acceptors (Lipinski definition) is 2. The van der Waals surface area contributed by atoms with Crippen LogP contribution in [0.15, 0.2) is 11.5 Å². The quantitative estimate of drug-likeness (QED) is 0.538. The number of rotatable bonds is 1. The molecule has 0 aromatic heterocycles. The van der Waals surface area contributed by atoms with E-state index >= 15 is 0 Å². The van der Waals surface area contributed by atoms with E-state index in [4.69, 9.17) is 72.3 Å². The van der Waals surface area contributed by atoms with Gasteiger partial charge in [-0.1, -0.05) is 27.7 Å². The minimum absolute atomic E-state index is 0.00666. The minimum atomic E-state index is -1.95. The molecule has 0 amide bonds. The van der Waals surface area contributed by atoms with Gasteiger partial charge < -0.3 is 5.73 Å². The van der Waals surface area contributed by atoms with E-state index in [9.17, 15) is 4.79 Å². The molecule has 1 aliphatic carbocycles. The second kappa shape index (κ2) is 5.45. The van der Waals surface area contributed by atoms with Crippen LogP contribution in [0.25, 0.3) is 0 Å². The molecular weight excluding hydrogens is 285 g/mol. The van der Waals surface area contributed by atoms with Crippen LogP contribution in [-0.2, 0) is 10.3 Å². The van der Waals surface area contributed by atoms with E-state index in [-0.39, 0.29) is 44.3 Å². The largest absolute Gasteiger partial charge is 0.316 e. The topological polar surface area (TPSA) is 43.1 Å². The Labute approximate surface area is 144 Å². The van der Waals surface area contributed by atoms with Crippen molar-refractivity contribution in [2.45, 2.75) is 17.2 Å². The zero-order chi connectivity index (χ0) is 17.0. The predicted molar refractivity (Wildman–Crippen MR) is 96.5 cm³/mol. The van der Waals surface area contributed by atoms with Gasteiger partial charge in [-0.25, -0.2) is 0 Å². The van der Waals surface area contributed by atoms with Crippen LogP contribution in [0, 0.1) is 0 Å². The number of halogens is 1. The molecule has 0 fully saturated rings. The monoisotopic (exact) mass is 291 g/mol. The Hall–Kier alpha value is -0.665. The lowest BCUT2D eigenvalue weighted by Gasteiger charge is -2.48. The SMILES string of the molecule is [B]C1=CC(=O)C(N)(c2c([B])c([B])c([B])c([B])c2Cl)C([B])([B])C1. The van der Waals surface area contributed by atoms with Gasteiger partial charge in [-0.2, -0.15) is 0 Å². The zero-order valence-corrected chi connectivity index (χ0v) is 12.4. The number of allylic oxidation sites excluding steroid dienone is 1. The summed E-state index contributed by atoms with van der Waals surface area (Å²) in [5.74, 6) is -0.654. The van der Waals surface area contributed by atoms with Crippen LogP contribution in [0.5, 0.6) is 0 Å². The van der Waals surface area contributed by atoms with Crippen LogP contribution in [0.4, 0.5) is 0 Å². The summed E-state index contributed by atoms with van der Waals surface area (Å²) < 4.78 is 0. The van der Waals surface area contributed by atoms with Gasteiger partial charge >= 0.3 is 0 Å². The Morgan fingerprint density at radius 2 is 1.50 bits per heavy atom. The number of carbonyl (C=O) groups excluding carboxylic acids is 1. The molecule has 14 radical (unpaired) electrons. The van der Waals surface area contributed by atoms with Crippen molar-refractivity contribution in [1.82, 2.24) is 0 Å². The van der Waals surface area contributed by atoms with Crippen LogP contribution in [0.2, 0.25) is 10.2 Å². The summed E-state index contributed by atoms with van der Waals surface area (Å²) in [5.41, 5.74) is 4.22. The van der Waals surface area contributed by atoms with Crippen LogP contribution in [-0.4, -0.2) is 60.7 Å². The smallest absolute Gasteiger partial charge is 0.178 e. The van der Waals surface area contributed by atoms with E-state index < -0.39 is 16.5 Å². The Kier molecular flexibility index (Phi) is 4.38. The average Bonchev–Trinajstić information content (AvgIpc) is 2.40. The van der Waals surface area contributed by atoms with Gasteiger partial charge in [-0.05, 0) is 18.1 Å². The lowest BCUT2D eigenvalue weighted by Crippen LogP contribution is -2.62. The molecule has 0 saturated heterocycles. The van der Waals surface area contributed by atoms with Crippen molar-refractivity contribution in [2.24, 2.45) is 5.73 Å². The number of hydrogen-bond donors (Lipinski definition) is 1. The average molecular weight is 290 g/mol. The van der Waals surface area contributed by atoms with Gasteiger partial charge in [0, 0.05) is 5.02 Å². The van der Waals surface area contributed by atoms with Crippen molar-refractivity contribution in [3.8, 4) is 0 Å². The van der Waals surface area contributed by atoms with E-state index in [0.717, 1.165) is 6.08 Å². The number of nitrogens with two attached hydrogens (primary N) is 1. The first-order valence-corrected chi connectivity index (χ1v) is 6.61. The lowest BCUT2D eigenvalue weighted by atomic mass is 9.38. The number of benzene rings is 1. The van der Waals surface area contributed by atoms with Gasteiger partial charge in [0.25, 0.3) is 0 Å². The molecule has 1 aliphatic rings. The maximum absolute atomic E-state index is 12.5. The van der Waals surface area contributed by atoms with Crippen molar-refractivity contribution in [1.29, 1.82) is 0 Å². The summed E-state index contributed by atoms with van der Waals surface area (Å²) in [7, 11) is 41.0. The predicted octanol–water partition coefficient (Wildman–Crippen LogP) is -3.85. The molecule has 1 aromatic carbocycles. The van der Waals surface area contributed by atoms with Crippen molar-refractivity contribution in [3.05, 3.63) is 22.1 Å². The summed E-state index contributed by atoms with van der Waals surface area (Å²) in [6.07, 6.45) is 1.09. The molecule has 0 saturated carbocycles. The molecule has 1 aromatic rings. The summed E-state index contributed by atoms with van der Waals surface area (Å²) in [4.78, 5) is 12.5. The van der Waals surface area contributed by atoms with Gasteiger partial charge in [0.15, 0.2) is 5.78 Å². The molecule has 22 heavy (non-hydrogen) atoms. The summed E-state index contributed by atoms with van der Waals surface area (Å²) >= 11 is 6.19. The van der Waals surface area contributed by atoms with Crippen molar-refractivity contribution >= 4 is 94.2 Å². The second-order valence-electron chi connectivity index (χ2n) is 5.45. The molecule has 2 N–H and O–H groups in total. The van der Waals surface area contributed by atoms with Crippen LogP contribution < -0.4 is 27.6 Å². The van der Waals surface area contributed by atoms with Crippen LogP contribution in [0.3, 0.4) is 0 Å². The molecule has 0 heterocycles. The molecule has 0 spiro atoms. The minimum Gasteiger partial charge on any atom is -0.316 e. The fraction of sp³-hybridized carbons (Fsp3) is 0.250. The first-order chi connectivity index (χ1) is 9.95. The highest BCUT2D eigenvalue weighted by Crippen LogP contribution is 2.47. The van der Waals surface area contributed by atoms with Crippen molar-refractivity contribution in [3.63, 3.8) is 0 Å². The standard InChI is InChI=1S/C12H5B7ClNO/c13-3-1-4(22)12(21,11(18,19)2-3)5-6(14)7(15)8(16)9(17)10(5)20/h1H,2,21H2. The fourth-order valence-corrected chi connectivity index (χ4v) is 2.93. The van der Waals surface area contributed by atoms with E-state index in [1.165, 1.54) is 0 Å². The van der Waals surface area contributed by atoms with Crippen molar-refractivity contribution in [2.75, 3.05) is 0 Å². The molecule has 92 valence electrons. The van der Waals surface area contributed by atoms with Crippen LogP contribution in [0.1, 0.15) is 12.0 Å². The van der Waals surface area contributed by atoms with Gasteiger partial charge in [0.1, 0.15) is 39.2 Å². The van der Waals surface area contributed by atoms with Crippen molar-refractivity contribution < 1.29 is 4.79 Å². The number of ketones is 1. The first-order valence-electron chi connectivity index (χ1n) is 6.24. The second-order valence-corrected chi connectivity index (χ2v) is 5.83. The molecule has 0 aliphatic heterocycles. The third-order valence-corrected chi connectivity index (χ3v) is 4.32. The first kappa shape index (κ1) is 17.7. The van der Waals surface area contributed by atoms with Gasteiger partial charge in [0.05, 0.1) is 21.2 Å². The summed E-state index contributed by atoms with van der Waals surface area (Å²) in [6.45, 7) is 0. The molecule has 1 unspecified atom stereocenters. The van der Waals surface area contributed by atoms with Gasteiger partial charge in [0.2, 0.25) is 0 Å². The number of carbonyl (C=O) groups is 1. The third-order valence-electron chi connectivity index (χ3n) is 3.93.